The van der Waals surface area contributed by atoms with Gasteiger partial charge in [-0.15, -0.1) is 0 Å². The van der Waals surface area contributed by atoms with Crippen LogP contribution in [0.4, 0.5) is 0 Å². The highest BCUT2D eigenvalue weighted by Gasteiger charge is 2.10. The first kappa shape index (κ1) is 51.2. The Labute approximate surface area is 342 Å². The summed E-state index contributed by atoms with van der Waals surface area (Å²) >= 11 is 0. The molecule has 0 aliphatic heterocycles. The van der Waals surface area contributed by atoms with E-state index in [0.29, 0.717) is 0 Å². The molecule has 0 N–H and O–H groups in total. The molecule has 0 spiro atoms. The Morgan fingerprint density at radius 2 is 0.519 bits per heavy atom. The van der Waals surface area contributed by atoms with Crippen molar-refractivity contribution in [2.24, 2.45) is 0 Å². The monoisotopic (exact) mass is 753 g/mol. The molecule has 0 bridgehead atoms. The van der Waals surface area contributed by atoms with Crippen LogP contribution in [0.3, 0.4) is 0 Å². The maximum Gasteiger partial charge on any atom is 0.172 e. The van der Waals surface area contributed by atoms with Crippen LogP contribution in [0.25, 0.3) is 0 Å². The molecule has 1 heteroatoms. The van der Waals surface area contributed by atoms with E-state index in [1.807, 2.05) is 0 Å². The molecule has 0 saturated carbocycles. The molecule has 54 heavy (non-hydrogen) atoms. The average molecular weight is 753 g/mol. The van der Waals surface area contributed by atoms with Gasteiger partial charge < -0.3 is 0 Å². The fourth-order valence-corrected chi connectivity index (χ4v) is 8.74. The van der Waals surface area contributed by atoms with E-state index >= 15 is 0 Å². The van der Waals surface area contributed by atoms with Crippen LogP contribution in [0.15, 0.2) is 18.5 Å². The molecule has 1 rings (SSSR count). The summed E-state index contributed by atoms with van der Waals surface area (Å²) in [5, 5.41) is 0. The lowest BCUT2D eigenvalue weighted by atomic mass is 9.97. The van der Waals surface area contributed by atoms with Crippen molar-refractivity contribution in [2.45, 2.75) is 310 Å². The molecule has 1 aromatic rings. The van der Waals surface area contributed by atoms with E-state index in [9.17, 15) is 0 Å². The standard InChI is InChI=1S/C53H102N/c1-4-7-10-13-16-19-22-25-28-31-34-37-40-43-46-52-48-50-54(49-45-42-39-36-33-30-27-24-21-18-15-12-9-6-3)51-53(52)47-44-41-38-35-32-29-26-23-20-17-14-11-8-5-2/h48,50-51H,4-47,49H2,1-3H3/q+1. The van der Waals surface area contributed by atoms with Crippen LogP contribution in [0, 0.1) is 0 Å². The number of rotatable bonds is 45. The zero-order valence-corrected chi connectivity index (χ0v) is 38.0. The van der Waals surface area contributed by atoms with Gasteiger partial charge in [-0.1, -0.05) is 265 Å². The minimum absolute atomic E-state index is 1.21. The normalized spacial score (nSPS) is 11.6. The molecule has 1 nitrogen and oxygen atoms in total. The fourth-order valence-electron chi connectivity index (χ4n) is 8.74. The lowest BCUT2D eigenvalue weighted by Gasteiger charge is -2.10. The van der Waals surface area contributed by atoms with Crippen LogP contribution in [-0.4, -0.2) is 0 Å². The first-order valence-corrected chi connectivity index (χ1v) is 25.8. The van der Waals surface area contributed by atoms with Crippen molar-refractivity contribution < 1.29 is 4.57 Å². The van der Waals surface area contributed by atoms with Crippen molar-refractivity contribution >= 4 is 0 Å². The number of nitrogens with zero attached hydrogens (tertiary/aromatic N) is 1. The van der Waals surface area contributed by atoms with E-state index in [1.165, 1.54) is 289 Å². The van der Waals surface area contributed by atoms with Gasteiger partial charge in [0.2, 0.25) is 0 Å². The van der Waals surface area contributed by atoms with Gasteiger partial charge in [-0.3, -0.25) is 0 Å². The molecule has 0 aliphatic rings. The van der Waals surface area contributed by atoms with Gasteiger partial charge in [-0.05, 0) is 37.7 Å². The minimum atomic E-state index is 1.21. The van der Waals surface area contributed by atoms with Gasteiger partial charge in [0.25, 0.3) is 0 Å². The predicted octanol–water partition coefficient (Wildman–Crippen LogP) is 18.5. The smallest absolute Gasteiger partial charge is 0.172 e. The van der Waals surface area contributed by atoms with E-state index in [1.54, 1.807) is 11.1 Å². The highest BCUT2D eigenvalue weighted by atomic mass is 14.9. The van der Waals surface area contributed by atoms with E-state index < -0.39 is 0 Å². The molecule has 0 fully saturated rings. The average Bonchev–Trinajstić information content (AvgIpc) is 3.18. The van der Waals surface area contributed by atoms with Gasteiger partial charge in [-0.2, -0.15) is 0 Å². The third-order valence-electron chi connectivity index (χ3n) is 12.6. The fraction of sp³-hybridized carbons (Fsp3) is 0.906. The summed E-state index contributed by atoms with van der Waals surface area (Å²) < 4.78 is 2.55. The molecule has 318 valence electrons. The molecular formula is C53H102N+. The minimum Gasteiger partial charge on any atom is -0.205 e. The first-order valence-electron chi connectivity index (χ1n) is 25.8. The number of hydrogen-bond acceptors (Lipinski definition) is 0. The summed E-state index contributed by atoms with van der Waals surface area (Å²) in [6.45, 7) is 8.16. The first-order chi connectivity index (χ1) is 26.8. The Hall–Kier alpha value is -0.850. The molecule has 1 aromatic heterocycles. The molecule has 0 saturated heterocycles. The number of pyridine rings is 1. The number of unbranched alkanes of at least 4 members (excludes halogenated alkanes) is 39. The Morgan fingerprint density at radius 3 is 0.815 bits per heavy atom. The van der Waals surface area contributed by atoms with Crippen LogP contribution in [0.5, 0.6) is 0 Å². The van der Waals surface area contributed by atoms with Crippen molar-refractivity contribution in [1.82, 2.24) is 0 Å². The van der Waals surface area contributed by atoms with Crippen LogP contribution >= 0.6 is 0 Å². The van der Waals surface area contributed by atoms with Crippen molar-refractivity contribution in [3.63, 3.8) is 0 Å². The van der Waals surface area contributed by atoms with Gasteiger partial charge in [0.1, 0.15) is 6.54 Å². The zero-order valence-electron chi connectivity index (χ0n) is 38.0. The summed E-state index contributed by atoms with van der Waals surface area (Å²) in [6.07, 6.45) is 68.3. The Balaban J connectivity index is 2.29. The lowest BCUT2D eigenvalue weighted by molar-refractivity contribution is -0.697. The van der Waals surface area contributed by atoms with E-state index in [0.717, 1.165) is 0 Å². The van der Waals surface area contributed by atoms with Crippen molar-refractivity contribution in [1.29, 1.82) is 0 Å². The lowest BCUT2D eigenvalue weighted by Crippen LogP contribution is -2.34. The van der Waals surface area contributed by atoms with Gasteiger partial charge in [0, 0.05) is 18.1 Å². The van der Waals surface area contributed by atoms with Crippen molar-refractivity contribution in [3.05, 3.63) is 29.6 Å². The van der Waals surface area contributed by atoms with Crippen LogP contribution in [0.1, 0.15) is 302 Å². The number of aryl methyl sites for hydroxylation is 3. The second-order valence-corrected chi connectivity index (χ2v) is 18.0. The number of hydrogen-bond donors (Lipinski definition) is 0. The molecule has 0 amide bonds. The molecule has 0 aromatic carbocycles. The van der Waals surface area contributed by atoms with Gasteiger partial charge >= 0.3 is 0 Å². The van der Waals surface area contributed by atoms with Crippen molar-refractivity contribution in [2.75, 3.05) is 0 Å². The second kappa shape index (κ2) is 43.3. The molecule has 0 aliphatic carbocycles. The van der Waals surface area contributed by atoms with Gasteiger partial charge in [0.05, 0.1) is 0 Å². The summed E-state index contributed by atoms with van der Waals surface area (Å²) in [7, 11) is 0. The molecule has 1 heterocycles. The molecule has 0 unspecified atom stereocenters. The zero-order chi connectivity index (χ0) is 38.7. The summed E-state index contributed by atoms with van der Waals surface area (Å²) in [5.74, 6) is 0. The highest BCUT2D eigenvalue weighted by molar-refractivity contribution is 5.21. The summed E-state index contributed by atoms with van der Waals surface area (Å²) in [5.41, 5.74) is 3.34. The summed E-state index contributed by atoms with van der Waals surface area (Å²) in [6, 6.07) is 2.52. The SMILES string of the molecule is CCCCCCCCCCCCCCCCc1cc[n+](CCCCCCCCCCCCCCCC)cc1CCCCCCCCCCCCCCCC. The Morgan fingerprint density at radius 1 is 0.278 bits per heavy atom. The van der Waals surface area contributed by atoms with E-state index in [4.69, 9.17) is 0 Å². The van der Waals surface area contributed by atoms with Crippen molar-refractivity contribution in [3.8, 4) is 0 Å². The van der Waals surface area contributed by atoms with Crippen LogP contribution < -0.4 is 4.57 Å². The molecule has 0 radical (unpaired) electrons. The molecule has 0 atom stereocenters. The maximum atomic E-state index is 2.57. The van der Waals surface area contributed by atoms with Gasteiger partial charge in [0.15, 0.2) is 12.4 Å². The maximum absolute atomic E-state index is 2.57. The van der Waals surface area contributed by atoms with E-state index in [-0.39, 0.29) is 0 Å². The largest absolute Gasteiger partial charge is 0.205 e. The Bertz CT molecular complexity index is 844. The highest BCUT2D eigenvalue weighted by Crippen LogP contribution is 2.19. The van der Waals surface area contributed by atoms with Crippen LogP contribution in [-0.2, 0) is 19.4 Å². The van der Waals surface area contributed by atoms with Gasteiger partial charge in [-0.25, -0.2) is 4.57 Å². The number of aromatic nitrogens is 1. The third-order valence-corrected chi connectivity index (χ3v) is 12.6. The quantitative estimate of drug-likeness (QED) is 0.0461. The summed E-state index contributed by atoms with van der Waals surface area (Å²) in [4.78, 5) is 0. The Kier molecular flexibility index (Phi) is 41.0. The third kappa shape index (κ3) is 35.6. The van der Waals surface area contributed by atoms with Crippen LogP contribution in [0.2, 0.25) is 0 Å². The predicted molar refractivity (Wildman–Crippen MR) is 245 cm³/mol. The molecular weight excluding hydrogens is 651 g/mol. The van der Waals surface area contributed by atoms with E-state index in [2.05, 4.69) is 43.8 Å². The second-order valence-electron chi connectivity index (χ2n) is 18.0. The topological polar surface area (TPSA) is 3.88 Å².